The number of carbonyl (C=O) groups is 2. The molecule has 0 aliphatic carbocycles. The van der Waals surface area contributed by atoms with Crippen LogP contribution in [0.2, 0.25) is 0 Å². The molecule has 0 rings (SSSR count). The number of nitrogens with one attached hydrogen (secondary N) is 2. The lowest BCUT2D eigenvalue weighted by Crippen LogP contribution is -2.44. The summed E-state index contributed by atoms with van der Waals surface area (Å²) in [5.74, 6) is -0.00865. The molecule has 2 amide bonds. The van der Waals surface area contributed by atoms with Crippen molar-refractivity contribution >= 4 is 18.1 Å². The SMILES string of the molecule is CC(C)(C)OC(=O)N=C(NCCCCCCO)NC(=O)OC(C)(C)C. The van der Waals surface area contributed by atoms with E-state index in [1.54, 1.807) is 41.5 Å². The number of aliphatic hydroxyl groups excluding tert-OH is 1. The van der Waals surface area contributed by atoms with E-state index in [9.17, 15) is 9.59 Å². The highest BCUT2D eigenvalue weighted by Crippen LogP contribution is 2.08. The van der Waals surface area contributed by atoms with E-state index in [1.807, 2.05) is 0 Å². The zero-order valence-corrected chi connectivity index (χ0v) is 16.3. The molecule has 8 nitrogen and oxygen atoms in total. The normalized spacial score (nSPS) is 12.5. The van der Waals surface area contributed by atoms with Gasteiger partial charge in [0, 0.05) is 13.2 Å². The van der Waals surface area contributed by atoms with Gasteiger partial charge in [0.15, 0.2) is 0 Å². The molecule has 25 heavy (non-hydrogen) atoms. The Hall–Kier alpha value is -1.83. The maximum absolute atomic E-state index is 11.9. The number of nitrogens with zero attached hydrogens (tertiary/aromatic N) is 1. The van der Waals surface area contributed by atoms with Crippen LogP contribution in [0.15, 0.2) is 4.99 Å². The number of hydrogen-bond donors (Lipinski definition) is 3. The summed E-state index contributed by atoms with van der Waals surface area (Å²) < 4.78 is 10.3. The van der Waals surface area contributed by atoms with Gasteiger partial charge in [0.2, 0.25) is 5.96 Å². The van der Waals surface area contributed by atoms with Gasteiger partial charge in [0.1, 0.15) is 11.2 Å². The number of carbonyl (C=O) groups excluding carboxylic acids is 2. The van der Waals surface area contributed by atoms with E-state index in [-0.39, 0.29) is 12.6 Å². The fraction of sp³-hybridized carbons (Fsp3) is 0.824. The van der Waals surface area contributed by atoms with Crippen molar-refractivity contribution in [1.82, 2.24) is 10.6 Å². The standard InChI is InChI=1S/C17H33N3O5/c1-16(2,3)24-14(22)19-13(18-11-9-7-8-10-12-21)20-15(23)25-17(4,5)6/h21H,7-12H2,1-6H3,(H2,18,19,20,22,23). The Bertz CT molecular complexity index is 450. The summed E-state index contributed by atoms with van der Waals surface area (Å²) in [7, 11) is 0. The van der Waals surface area contributed by atoms with Crippen LogP contribution in [-0.4, -0.2) is 47.6 Å². The van der Waals surface area contributed by atoms with Gasteiger partial charge >= 0.3 is 12.2 Å². The van der Waals surface area contributed by atoms with E-state index < -0.39 is 23.4 Å². The van der Waals surface area contributed by atoms with Crippen molar-refractivity contribution in [2.45, 2.75) is 78.4 Å². The quantitative estimate of drug-likeness (QED) is 0.382. The van der Waals surface area contributed by atoms with Crippen molar-refractivity contribution in [3.8, 4) is 0 Å². The van der Waals surface area contributed by atoms with Crippen molar-refractivity contribution in [1.29, 1.82) is 0 Å². The van der Waals surface area contributed by atoms with Crippen molar-refractivity contribution < 1.29 is 24.2 Å². The maximum Gasteiger partial charge on any atom is 0.437 e. The Morgan fingerprint density at radius 3 is 2.00 bits per heavy atom. The molecule has 0 spiro atoms. The number of amides is 2. The van der Waals surface area contributed by atoms with Crippen LogP contribution in [0.5, 0.6) is 0 Å². The molecule has 146 valence electrons. The zero-order valence-electron chi connectivity index (χ0n) is 16.3. The Labute approximate surface area is 150 Å². The summed E-state index contributed by atoms with van der Waals surface area (Å²) in [6.45, 7) is 11.1. The number of ether oxygens (including phenoxy) is 2. The molecule has 0 heterocycles. The van der Waals surface area contributed by atoms with Crippen LogP contribution in [0.25, 0.3) is 0 Å². The van der Waals surface area contributed by atoms with Gasteiger partial charge < -0.3 is 19.9 Å². The van der Waals surface area contributed by atoms with Crippen LogP contribution in [-0.2, 0) is 9.47 Å². The molecule has 8 heteroatoms. The molecular weight excluding hydrogens is 326 g/mol. The molecule has 0 atom stereocenters. The van der Waals surface area contributed by atoms with Crippen LogP contribution in [0, 0.1) is 0 Å². The summed E-state index contributed by atoms with van der Waals surface area (Å²) in [5, 5.41) is 14.1. The molecule has 0 aromatic heterocycles. The molecule has 0 fully saturated rings. The predicted octanol–water partition coefficient (Wildman–Crippen LogP) is 2.94. The van der Waals surface area contributed by atoms with Crippen LogP contribution in [0.4, 0.5) is 9.59 Å². The van der Waals surface area contributed by atoms with Gasteiger partial charge in [-0.25, -0.2) is 9.59 Å². The molecule has 0 unspecified atom stereocenters. The number of aliphatic imine (C=N–C) groups is 1. The molecule has 0 bridgehead atoms. The number of rotatable bonds is 6. The predicted molar refractivity (Wildman–Crippen MR) is 96.6 cm³/mol. The minimum atomic E-state index is -0.800. The van der Waals surface area contributed by atoms with Gasteiger partial charge in [-0.3, -0.25) is 5.32 Å². The average Bonchev–Trinajstić information content (AvgIpc) is 2.37. The monoisotopic (exact) mass is 359 g/mol. The maximum atomic E-state index is 11.9. The van der Waals surface area contributed by atoms with E-state index in [1.165, 1.54) is 0 Å². The highest BCUT2D eigenvalue weighted by atomic mass is 16.6. The summed E-state index contributed by atoms with van der Waals surface area (Å²) in [6.07, 6.45) is 1.89. The number of unbranched alkanes of at least 4 members (excludes halogenated alkanes) is 3. The molecule has 0 aliphatic heterocycles. The molecule has 0 aromatic rings. The topological polar surface area (TPSA) is 109 Å². The number of hydrogen-bond acceptors (Lipinski definition) is 5. The van der Waals surface area contributed by atoms with Gasteiger partial charge in [-0.15, -0.1) is 4.99 Å². The fourth-order valence-electron chi connectivity index (χ4n) is 1.69. The van der Waals surface area contributed by atoms with E-state index >= 15 is 0 Å². The van der Waals surface area contributed by atoms with E-state index in [0.717, 1.165) is 25.7 Å². The first-order valence-electron chi connectivity index (χ1n) is 8.59. The number of aliphatic hydroxyl groups is 1. The Morgan fingerprint density at radius 2 is 1.48 bits per heavy atom. The highest BCUT2D eigenvalue weighted by molar-refractivity contribution is 5.98. The summed E-state index contributed by atoms with van der Waals surface area (Å²) in [6, 6.07) is 0. The number of alkyl carbamates (subject to hydrolysis) is 1. The molecular formula is C17H33N3O5. The highest BCUT2D eigenvalue weighted by Gasteiger charge is 2.20. The zero-order chi connectivity index (χ0) is 19.5. The first-order chi connectivity index (χ1) is 11.4. The molecule has 0 aliphatic rings. The Morgan fingerprint density at radius 1 is 0.920 bits per heavy atom. The van der Waals surface area contributed by atoms with E-state index in [0.29, 0.717) is 6.54 Å². The lowest BCUT2D eigenvalue weighted by Gasteiger charge is -2.21. The van der Waals surface area contributed by atoms with Crippen LogP contribution < -0.4 is 10.6 Å². The van der Waals surface area contributed by atoms with Gasteiger partial charge in [0.25, 0.3) is 0 Å². The third-order valence-corrected chi connectivity index (χ3v) is 2.59. The van der Waals surface area contributed by atoms with Gasteiger partial charge in [-0.05, 0) is 54.4 Å². The van der Waals surface area contributed by atoms with Gasteiger partial charge in [0.05, 0.1) is 0 Å². The smallest absolute Gasteiger partial charge is 0.437 e. The summed E-state index contributed by atoms with van der Waals surface area (Å²) >= 11 is 0. The first-order valence-corrected chi connectivity index (χ1v) is 8.59. The van der Waals surface area contributed by atoms with Crippen molar-refractivity contribution in [3.05, 3.63) is 0 Å². The second-order valence-electron chi connectivity index (χ2n) is 7.63. The minimum Gasteiger partial charge on any atom is -0.444 e. The molecule has 3 N–H and O–H groups in total. The second-order valence-corrected chi connectivity index (χ2v) is 7.63. The van der Waals surface area contributed by atoms with Crippen LogP contribution >= 0.6 is 0 Å². The van der Waals surface area contributed by atoms with Gasteiger partial charge in [-0.2, -0.15) is 0 Å². The largest absolute Gasteiger partial charge is 0.444 e. The fourth-order valence-corrected chi connectivity index (χ4v) is 1.69. The van der Waals surface area contributed by atoms with Gasteiger partial charge in [-0.1, -0.05) is 12.8 Å². The molecule has 0 saturated heterocycles. The lowest BCUT2D eigenvalue weighted by atomic mass is 10.2. The van der Waals surface area contributed by atoms with E-state index in [2.05, 4.69) is 15.6 Å². The lowest BCUT2D eigenvalue weighted by molar-refractivity contribution is 0.0560. The molecule has 0 saturated carbocycles. The van der Waals surface area contributed by atoms with Crippen LogP contribution in [0.1, 0.15) is 67.2 Å². The number of guanidine groups is 1. The van der Waals surface area contributed by atoms with Crippen molar-refractivity contribution in [2.75, 3.05) is 13.2 Å². The minimum absolute atomic E-state index is 0.00865. The second kappa shape index (κ2) is 10.9. The third kappa shape index (κ3) is 15.4. The molecule has 0 radical (unpaired) electrons. The molecule has 0 aromatic carbocycles. The Balaban J connectivity index is 4.70. The van der Waals surface area contributed by atoms with Crippen molar-refractivity contribution in [2.24, 2.45) is 4.99 Å². The third-order valence-electron chi connectivity index (χ3n) is 2.59. The van der Waals surface area contributed by atoms with Crippen LogP contribution in [0.3, 0.4) is 0 Å². The van der Waals surface area contributed by atoms with Crippen molar-refractivity contribution in [3.63, 3.8) is 0 Å². The van der Waals surface area contributed by atoms with E-state index in [4.69, 9.17) is 14.6 Å². The first kappa shape index (κ1) is 23.2. The summed E-state index contributed by atoms with van der Waals surface area (Å²) in [4.78, 5) is 27.5. The summed E-state index contributed by atoms with van der Waals surface area (Å²) in [5.41, 5.74) is -1.34. The average molecular weight is 359 g/mol. The Kier molecular flexibility index (Phi) is 10.1.